The molecule has 3 rings (SSSR count). The van der Waals surface area contributed by atoms with Crippen molar-refractivity contribution in [2.24, 2.45) is 0 Å². The molecule has 0 radical (unpaired) electrons. The molecule has 0 fully saturated rings. The van der Waals surface area contributed by atoms with E-state index in [1.807, 2.05) is 19.2 Å². The first kappa shape index (κ1) is 13.6. The van der Waals surface area contributed by atoms with Crippen LogP contribution in [0.15, 0.2) is 23.6 Å². The van der Waals surface area contributed by atoms with Crippen LogP contribution in [-0.4, -0.2) is 13.0 Å². The van der Waals surface area contributed by atoms with E-state index in [9.17, 15) is 4.79 Å². The van der Waals surface area contributed by atoms with E-state index in [4.69, 9.17) is 11.6 Å². The predicted octanol–water partition coefficient (Wildman–Crippen LogP) is 3.51. The van der Waals surface area contributed by atoms with Gasteiger partial charge in [0.25, 0.3) is 0 Å². The van der Waals surface area contributed by atoms with Crippen molar-refractivity contribution in [1.82, 2.24) is 5.32 Å². The fourth-order valence-corrected chi connectivity index (χ4v) is 3.92. The van der Waals surface area contributed by atoms with Crippen molar-refractivity contribution in [3.63, 3.8) is 0 Å². The molecular formula is C15H15ClN2OS. The zero-order valence-electron chi connectivity index (χ0n) is 11.3. The van der Waals surface area contributed by atoms with Crippen LogP contribution in [0.25, 0.3) is 0 Å². The summed E-state index contributed by atoms with van der Waals surface area (Å²) in [5.41, 5.74) is 4.13. The topological polar surface area (TPSA) is 41.1 Å². The Hall–Kier alpha value is -1.36. The summed E-state index contributed by atoms with van der Waals surface area (Å²) >= 11 is 8.13. The Morgan fingerprint density at radius 3 is 2.90 bits per heavy atom. The van der Waals surface area contributed by atoms with E-state index < -0.39 is 0 Å². The van der Waals surface area contributed by atoms with Gasteiger partial charge in [-0.2, -0.15) is 0 Å². The number of hydrogen-bond donors (Lipinski definition) is 2. The standard InChI is InChI=1S/C15H15ClN2OS/c1-8-3-4-20-15(8)14(17-2)10-5-9-6-13(19)18-12(9)7-11(10)16/h3-5,7,14,17H,6H2,1-2H3,(H,18,19). The number of aryl methyl sites for hydroxylation is 1. The average molecular weight is 307 g/mol. The maximum Gasteiger partial charge on any atom is 0.228 e. The van der Waals surface area contributed by atoms with E-state index in [1.165, 1.54) is 10.4 Å². The van der Waals surface area contributed by atoms with E-state index in [0.29, 0.717) is 11.4 Å². The summed E-state index contributed by atoms with van der Waals surface area (Å²) in [5.74, 6) is 0.0292. The Labute approximate surface area is 127 Å². The molecule has 0 spiro atoms. The minimum absolute atomic E-state index is 0.0292. The van der Waals surface area contributed by atoms with Crippen LogP contribution in [0.2, 0.25) is 5.02 Å². The molecule has 20 heavy (non-hydrogen) atoms. The van der Waals surface area contributed by atoms with Crippen LogP contribution in [0.4, 0.5) is 5.69 Å². The number of anilines is 1. The van der Waals surface area contributed by atoms with Gasteiger partial charge in [0.2, 0.25) is 5.91 Å². The lowest BCUT2D eigenvalue weighted by Gasteiger charge is -2.19. The summed E-state index contributed by atoms with van der Waals surface area (Å²) in [4.78, 5) is 12.7. The second-order valence-electron chi connectivity index (χ2n) is 4.95. The molecule has 2 aromatic rings. The molecule has 1 unspecified atom stereocenters. The Morgan fingerprint density at radius 1 is 1.45 bits per heavy atom. The third-order valence-electron chi connectivity index (χ3n) is 3.61. The number of hydrogen-bond acceptors (Lipinski definition) is 3. The first-order chi connectivity index (χ1) is 9.60. The number of halogens is 1. The summed E-state index contributed by atoms with van der Waals surface area (Å²) in [6.07, 6.45) is 0.430. The molecule has 2 heterocycles. The summed E-state index contributed by atoms with van der Waals surface area (Å²) < 4.78 is 0. The normalized spacial score (nSPS) is 15.1. The Morgan fingerprint density at radius 2 is 2.25 bits per heavy atom. The van der Waals surface area contributed by atoms with E-state index in [0.717, 1.165) is 16.8 Å². The first-order valence-corrected chi connectivity index (χ1v) is 7.69. The first-order valence-electron chi connectivity index (χ1n) is 6.43. The fourth-order valence-electron chi connectivity index (χ4n) is 2.60. The number of carbonyl (C=O) groups excluding carboxylic acids is 1. The van der Waals surface area contributed by atoms with Crippen LogP contribution >= 0.6 is 22.9 Å². The third-order valence-corrected chi connectivity index (χ3v) is 5.02. The highest BCUT2D eigenvalue weighted by molar-refractivity contribution is 7.10. The average Bonchev–Trinajstić information content (AvgIpc) is 2.96. The van der Waals surface area contributed by atoms with Gasteiger partial charge < -0.3 is 10.6 Å². The van der Waals surface area contributed by atoms with Gasteiger partial charge in [-0.1, -0.05) is 11.6 Å². The highest BCUT2D eigenvalue weighted by atomic mass is 35.5. The maximum absolute atomic E-state index is 11.5. The van der Waals surface area contributed by atoms with E-state index in [-0.39, 0.29) is 11.9 Å². The molecular weight excluding hydrogens is 292 g/mol. The summed E-state index contributed by atoms with van der Waals surface area (Å²) in [6, 6.07) is 6.06. The van der Waals surface area contributed by atoms with Crippen molar-refractivity contribution in [1.29, 1.82) is 0 Å². The lowest BCUT2D eigenvalue weighted by Crippen LogP contribution is -2.18. The van der Waals surface area contributed by atoms with Gasteiger partial charge in [-0.05, 0) is 54.2 Å². The van der Waals surface area contributed by atoms with Crippen molar-refractivity contribution >= 4 is 34.5 Å². The van der Waals surface area contributed by atoms with Crippen LogP contribution in [-0.2, 0) is 11.2 Å². The molecule has 1 aliphatic heterocycles. The van der Waals surface area contributed by atoms with Crippen LogP contribution in [0.3, 0.4) is 0 Å². The SMILES string of the molecule is CNC(c1cc2c(cc1Cl)NC(=O)C2)c1sccc1C. The second-order valence-corrected chi connectivity index (χ2v) is 6.30. The number of nitrogens with one attached hydrogen (secondary N) is 2. The second kappa shape index (κ2) is 5.20. The van der Waals surface area contributed by atoms with Gasteiger partial charge in [-0.3, -0.25) is 4.79 Å². The van der Waals surface area contributed by atoms with Crippen molar-refractivity contribution in [2.75, 3.05) is 12.4 Å². The van der Waals surface area contributed by atoms with Crippen LogP contribution in [0.1, 0.15) is 27.6 Å². The van der Waals surface area contributed by atoms with Gasteiger partial charge in [0.1, 0.15) is 0 Å². The smallest absolute Gasteiger partial charge is 0.228 e. The number of amides is 1. The van der Waals surface area contributed by atoms with Crippen molar-refractivity contribution < 1.29 is 4.79 Å². The quantitative estimate of drug-likeness (QED) is 0.911. The van der Waals surface area contributed by atoms with Crippen molar-refractivity contribution in [3.8, 4) is 0 Å². The largest absolute Gasteiger partial charge is 0.325 e. The molecule has 0 aliphatic carbocycles. The lowest BCUT2D eigenvalue weighted by molar-refractivity contribution is -0.115. The Kier molecular flexibility index (Phi) is 3.54. The number of carbonyl (C=O) groups is 1. The Bertz CT molecular complexity index is 681. The van der Waals surface area contributed by atoms with E-state index in [2.05, 4.69) is 29.0 Å². The molecule has 1 aromatic heterocycles. The van der Waals surface area contributed by atoms with Crippen LogP contribution < -0.4 is 10.6 Å². The van der Waals surface area contributed by atoms with Gasteiger partial charge in [0, 0.05) is 15.6 Å². The highest BCUT2D eigenvalue weighted by Gasteiger charge is 2.24. The molecule has 0 saturated heterocycles. The zero-order chi connectivity index (χ0) is 14.3. The maximum atomic E-state index is 11.5. The minimum Gasteiger partial charge on any atom is -0.325 e. The van der Waals surface area contributed by atoms with Crippen molar-refractivity contribution in [3.05, 3.63) is 50.2 Å². The highest BCUT2D eigenvalue weighted by Crippen LogP contribution is 2.37. The molecule has 1 aliphatic rings. The molecule has 0 saturated carbocycles. The van der Waals surface area contributed by atoms with Gasteiger partial charge in [0.05, 0.1) is 12.5 Å². The number of rotatable bonds is 3. The van der Waals surface area contributed by atoms with Gasteiger partial charge in [-0.25, -0.2) is 0 Å². The number of benzene rings is 1. The summed E-state index contributed by atoms with van der Waals surface area (Å²) in [6.45, 7) is 2.10. The summed E-state index contributed by atoms with van der Waals surface area (Å²) in [7, 11) is 1.93. The fraction of sp³-hybridized carbons (Fsp3) is 0.267. The van der Waals surface area contributed by atoms with Crippen LogP contribution in [0.5, 0.6) is 0 Å². The van der Waals surface area contributed by atoms with Gasteiger partial charge in [0.15, 0.2) is 0 Å². The molecule has 3 nitrogen and oxygen atoms in total. The monoisotopic (exact) mass is 306 g/mol. The molecule has 1 aromatic carbocycles. The van der Waals surface area contributed by atoms with E-state index >= 15 is 0 Å². The zero-order valence-corrected chi connectivity index (χ0v) is 12.9. The molecule has 1 amide bonds. The predicted molar refractivity (Wildman–Crippen MR) is 83.7 cm³/mol. The molecule has 2 N–H and O–H groups in total. The summed E-state index contributed by atoms with van der Waals surface area (Å²) in [5, 5.41) is 8.92. The molecule has 5 heteroatoms. The van der Waals surface area contributed by atoms with E-state index in [1.54, 1.807) is 11.3 Å². The van der Waals surface area contributed by atoms with Gasteiger partial charge >= 0.3 is 0 Å². The Balaban J connectivity index is 2.07. The molecule has 104 valence electrons. The van der Waals surface area contributed by atoms with Crippen molar-refractivity contribution in [2.45, 2.75) is 19.4 Å². The number of fused-ring (bicyclic) bond motifs is 1. The third kappa shape index (κ3) is 2.24. The van der Waals surface area contributed by atoms with Gasteiger partial charge in [-0.15, -0.1) is 11.3 Å². The van der Waals surface area contributed by atoms with Crippen LogP contribution in [0, 0.1) is 6.92 Å². The molecule has 1 atom stereocenters. The lowest BCUT2D eigenvalue weighted by atomic mass is 9.99. The molecule has 0 bridgehead atoms. The minimum atomic E-state index is 0.0292. The number of thiophene rings is 1.